The zero-order chi connectivity index (χ0) is 21.8. The van der Waals surface area contributed by atoms with Crippen molar-refractivity contribution < 1.29 is 14.0 Å². The molecule has 3 aromatic rings. The molecule has 6 heteroatoms. The second-order valence-electron chi connectivity index (χ2n) is 7.75. The number of carbonyl (C=O) groups is 2. The predicted molar refractivity (Wildman–Crippen MR) is 119 cm³/mol. The minimum atomic E-state index is -0.259. The average molecular weight is 415 g/mol. The zero-order valence-electron chi connectivity index (χ0n) is 17.7. The van der Waals surface area contributed by atoms with Crippen LogP contribution < -0.4 is 10.7 Å². The van der Waals surface area contributed by atoms with E-state index in [1.54, 1.807) is 6.07 Å². The number of carbonyl (C=O) groups excluding carboxylic acids is 2. The molecule has 31 heavy (non-hydrogen) atoms. The lowest BCUT2D eigenvalue weighted by Gasteiger charge is -2.13. The van der Waals surface area contributed by atoms with Gasteiger partial charge in [-0.15, -0.1) is 0 Å². The maximum atomic E-state index is 12.7. The van der Waals surface area contributed by atoms with Gasteiger partial charge in [-0.05, 0) is 44.4 Å². The Morgan fingerprint density at radius 1 is 1.00 bits per heavy atom. The van der Waals surface area contributed by atoms with Crippen LogP contribution in [0.3, 0.4) is 0 Å². The Bertz CT molecular complexity index is 1150. The van der Waals surface area contributed by atoms with Gasteiger partial charge in [-0.1, -0.05) is 48.0 Å². The lowest BCUT2D eigenvalue weighted by atomic mass is 9.93. The van der Waals surface area contributed by atoms with Gasteiger partial charge in [-0.25, -0.2) is 5.43 Å². The molecule has 6 nitrogen and oxygen atoms in total. The first-order valence-corrected chi connectivity index (χ1v) is 10.4. The maximum Gasteiger partial charge on any atom is 0.287 e. The number of hydrogen-bond acceptors (Lipinski definition) is 4. The number of furan rings is 1. The van der Waals surface area contributed by atoms with Crippen LogP contribution in [0.1, 0.15) is 61.8 Å². The Kier molecular flexibility index (Phi) is 5.98. The number of fused-ring (bicyclic) bond motifs is 1. The molecule has 0 radical (unpaired) electrons. The lowest BCUT2D eigenvalue weighted by Crippen LogP contribution is -2.23. The number of nitrogens with zero attached hydrogens (tertiary/aromatic N) is 1. The van der Waals surface area contributed by atoms with Gasteiger partial charge in [0.1, 0.15) is 5.76 Å². The van der Waals surface area contributed by atoms with Crippen LogP contribution in [0.4, 0.5) is 0 Å². The van der Waals surface area contributed by atoms with Crippen molar-refractivity contribution in [2.24, 2.45) is 5.10 Å². The molecule has 2 aromatic carbocycles. The van der Waals surface area contributed by atoms with Gasteiger partial charge in [-0.2, -0.15) is 5.10 Å². The van der Waals surface area contributed by atoms with E-state index in [4.69, 9.17) is 4.42 Å². The number of hydrazone groups is 1. The van der Waals surface area contributed by atoms with Gasteiger partial charge >= 0.3 is 0 Å². The summed E-state index contributed by atoms with van der Waals surface area (Å²) in [5, 5.41) is 7.30. The third-order valence-electron chi connectivity index (χ3n) is 5.40. The number of hydrogen-bond donors (Lipinski definition) is 2. The molecule has 0 saturated carbocycles. The molecule has 1 heterocycles. The van der Waals surface area contributed by atoms with Crippen molar-refractivity contribution in [1.29, 1.82) is 0 Å². The average Bonchev–Trinajstić information content (AvgIpc) is 3.13. The van der Waals surface area contributed by atoms with Crippen molar-refractivity contribution in [2.45, 2.75) is 39.7 Å². The van der Waals surface area contributed by atoms with E-state index in [2.05, 4.69) is 15.8 Å². The van der Waals surface area contributed by atoms with E-state index >= 15 is 0 Å². The van der Waals surface area contributed by atoms with Gasteiger partial charge in [-0.3, -0.25) is 9.59 Å². The molecule has 0 saturated heterocycles. The van der Waals surface area contributed by atoms with Gasteiger partial charge in [0, 0.05) is 29.7 Å². The fourth-order valence-corrected chi connectivity index (χ4v) is 3.82. The highest BCUT2D eigenvalue weighted by molar-refractivity contribution is 6.07. The summed E-state index contributed by atoms with van der Waals surface area (Å²) >= 11 is 0. The molecule has 0 unspecified atom stereocenters. The minimum Gasteiger partial charge on any atom is -0.455 e. The van der Waals surface area contributed by atoms with Crippen molar-refractivity contribution in [3.05, 3.63) is 93.9 Å². The number of aryl methyl sites for hydroxylation is 2. The Morgan fingerprint density at radius 2 is 1.81 bits per heavy atom. The normalized spacial score (nSPS) is 14.2. The molecular formula is C25H25N3O3. The molecule has 2 amide bonds. The lowest BCUT2D eigenvalue weighted by molar-refractivity contribution is 0.0919. The van der Waals surface area contributed by atoms with Gasteiger partial charge in [0.25, 0.3) is 11.8 Å². The zero-order valence-corrected chi connectivity index (χ0v) is 17.7. The molecule has 1 aliphatic rings. The summed E-state index contributed by atoms with van der Waals surface area (Å²) in [5.41, 5.74) is 7.58. The highest BCUT2D eigenvalue weighted by Gasteiger charge is 2.28. The monoisotopic (exact) mass is 415 g/mol. The first-order chi connectivity index (χ1) is 15.0. The van der Waals surface area contributed by atoms with Gasteiger partial charge in [0.15, 0.2) is 5.76 Å². The summed E-state index contributed by atoms with van der Waals surface area (Å²) in [6, 6.07) is 17.1. The van der Waals surface area contributed by atoms with Crippen LogP contribution in [0.2, 0.25) is 0 Å². The predicted octanol–water partition coefficient (Wildman–Crippen LogP) is 4.30. The number of nitrogens with one attached hydrogen (secondary N) is 2. The van der Waals surface area contributed by atoms with Crippen LogP contribution in [-0.4, -0.2) is 17.5 Å². The summed E-state index contributed by atoms with van der Waals surface area (Å²) in [6.45, 7) is 4.23. The second-order valence-corrected chi connectivity index (χ2v) is 7.75. The van der Waals surface area contributed by atoms with Crippen LogP contribution >= 0.6 is 0 Å². The number of benzene rings is 2. The van der Waals surface area contributed by atoms with Crippen LogP contribution in [-0.2, 0) is 13.0 Å². The van der Waals surface area contributed by atoms with Crippen LogP contribution in [0.25, 0.3) is 0 Å². The van der Waals surface area contributed by atoms with Gasteiger partial charge in [0.05, 0.1) is 5.71 Å². The van der Waals surface area contributed by atoms with Crippen molar-refractivity contribution in [2.75, 3.05) is 0 Å². The Hall–Kier alpha value is -3.67. The first kappa shape index (κ1) is 20.6. The van der Waals surface area contributed by atoms with E-state index in [0.717, 1.165) is 46.6 Å². The molecule has 4 rings (SSSR count). The molecule has 158 valence electrons. The summed E-state index contributed by atoms with van der Waals surface area (Å²) < 4.78 is 5.92. The molecule has 0 bridgehead atoms. The smallest absolute Gasteiger partial charge is 0.287 e. The standard InChI is InChI=1S/C25H25N3O3/c1-16-8-6-11-19(14-16)24(29)28-27-20-12-7-13-21-22(20)17(2)23(31-21)25(30)26-15-18-9-4-3-5-10-18/h3-6,8-11,14H,7,12-13,15H2,1-2H3,(H,26,30)(H,28,29)/b27-20+. The van der Waals surface area contributed by atoms with E-state index in [-0.39, 0.29) is 11.8 Å². The third-order valence-corrected chi connectivity index (χ3v) is 5.40. The van der Waals surface area contributed by atoms with E-state index in [9.17, 15) is 9.59 Å². The number of rotatable bonds is 5. The van der Waals surface area contributed by atoms with Crippen LogP contribution in [0, 0.1) is 13.8 Å². The Labute approximate surface area is 181 Å². The fourth-order valence-electron chi connectivity index (χ4n) is 3.82. The van der Waals surface area contributed by atoms with E-state index in [0.29, 0.717) is 24.3 Å². The Balaban J connectivity index is 1.51. The second kappa shape index (κ2) is 9.00. The molecule has 0 spiro atoms. The molecular weight excluding hydrogens is 390 g/mol. The quantitative estimate of drug-likeness (QED) is 0.610. The molecule has 0 aliphatic heterocycles. The maximum absolute atomic E-state index is 12.7. The number of amides is 2. The van der Waals surface area contributed by atoms with Gasteiger partial charge in [0.2, 0.25) is 0 Å². The van der Waals surface area contributed by atoms with Crippen molar-refractivity contribution in [3.8, 4) is 0 Å². The third kappa shape index (κ3) is 4.58. The van der Waals surface area contributed by atoms with Crippen molar-refractivity contribution in [3.63, 3.8) is 0 Å². The minimum absolute atomic E-state index is 0.251. The van der Waals surface area contributed by atoms with Crippen molar-refractivity contribution >= 4 is 17.5 Å². The van der Waals surface area contributed by atoms with Crippen LogP contribution in [0.15, 0.2) is 64.1 Å². The largest absolute Gasteiger partial charge is 0.455 e. The molecule has 0 atom stereocenters. The Morgan fingerprint density at radius 3 is 2.58 bits per heavy atom. The van der Waals surface area contributed by atoms with E-state index < -0.39 is 0 Å². The van der Waals surface area contributed by atoms with Crippen LogP contribution in [0.5, 0.6) is 0 Å². The van der Waals surface area contributed by atoms with E-state index in [1.807, 2.05) is 62.4 Å². The summed E-state index contributed by atoms with van der Waals surface area (Å²) in [6.07, 6.45) is 2.31. The SMILES string of the molecule is Cc1cccc(C(=O)N/N=C2\CCCc3oc(C(=O)NCc4ccccc4)c(C)c32)c1. The van der Waals surface area contributed by atoms with Gasteiger partial charge < -0.3 is 9.73 Å². The summed E-state index contributed by atoms with van der Waals surface area (Å²) in [5.74, 6) is 0.543. The topological polar surface area (TPSA) is 83.7 Å². The molecule has 0 fully saturated rings. The highest BCUT2D eigenvalue weighted by Crippen LogP contribution is 2.30. The summed E-state index contributed by atoms with van der Waals surface area (Å²) in [7, 11) is 0. The molecule has 2 N–H and O–H groups in total. The molecule has 1 aromatic heterocycles. The fraction of sp³-hybridized carbons (Fsp3) is 0.240. The highest BCUT2D eigenvalue weighted by atomic mass is 16.4. The van der Waals surface area contributed by atoms with E-state index in [1.165, 1.54) is 0 Å². The summed E-state index contributed by atoms with van der Waals surface area (Å²) in [4.78, 5) is 25.2. The molecule has 1 aliphatic carbocycles. The first-order valence-electron chi connectivity index (χ1n) is 10.4. The van der Waals surface area contributed by atoms with Crippen molar-refractivity contribution in [1.82, 2.24) is 10.7 Å².